The van der Waals surface area contributed by atoms with Crippen molar-refractivity contribution in [3.63, 3.8) is 0 Å². The average molecular weight is 753 g/mol. The van der Waals surface area contributed by atoms with E-state index in [9.17, 15) is 8.42 Å². The minimum atomic E-state index is -3.52. The van der Waals surface area contributed by atoms with E-state index in [4.69, 9.17) is 5.10 Å². The summed E-state index contributed by atoms with van der Waals surface area (Å²) in [7, 11) is -3.52. The van der Waals surface area contributed by atoms with Gasteiger partial charge in [-0.3, -0.25) is 0 Å². The highest BCUT2D eigenvalue weighted by atomic mass is 32.2. The zero-order valence-electron chi connectivity index (χ0n) is 28.2. The smallest absolute Gasteiger partial charge is 0.231 e. The van der Waals surface area contributed by atoms with Crippen LogP contribution in [0.2, 0.25) is 0 Å². The summed E-state index contributed by atoms with van der Waals surface area (Å²) in [6.07, 6.45) is 6.25. The average Bonchev–Trinajstić information content (AvgIpc) is 3.86. The Kier molecular flexibility index (Phi) is 12.6. The molecule has 4 aromatic heterocycles. The SMILES string of the molecule is C.C.CS(=O)(=O)c1nccc(-n2nc(-c3ccccc3)cc2-c2ccccc2)n1.CSc1nccc(-n2nc(-c3ccccc3)cc2-c2ccccc2)n1. The lowest BCUT2D eigenvalue weighted by Crippen LogP contribution is -2.09. The molecule has 0 N–H and O–H groups in total. The first-order valence-electron chi connectivity index (χ1n) is 16.2. The summed E-state index contributed by atoms with van der Waals surface area (Å²) in [5.41, 5.74) is 7.60. The zero-order valence-corrected chi connectivity index (χ0v) is 29.9. The van der Waals surface area contributed by atoms with Gasteiger partial charge in [-0.1, -0.05) is 148 Å². The van der Waals surface area contributed by atoms with Crippen molar-refractivity contribution >= 4 is 21.6 Å². The molecule has 0 saturated heterocycles. The number of hydrogen-bond donors (Lipinski definition) is 0. The summed E-state index contributed by atoms with van der Waals surface area (Å²) in [5, 5.41) is 10.0. The number of sulfone groups is 1. The first-order chi connectivity index (χ1) is 25.4. The summed E-state index contributed by atoms with van der Waals surface area (Å²) in [5.74, 6) is 1.16. The highest BCUT2D eigenvalue weighted by molar-refractivity contribution is 7.98. The Morgan fingerprint density at radius 2 is 0.907 bits per heavy atom. The molecule has 8 aromatic rings. The van der Waals surface area contributed by atoms with Crippen LogP contribution in [0.3, 0.4) is 0 Å². The minimum absolute atomic E-state index is 0. The second kappa shape index (κ2) is 17.5. The van der Waals surface area contributed by atoms with E-state index in [1.165, 1.54) is 18.0 Å². The lowest BCUT2D eigenvalue weighted by atomic mass is 10.1. The molecule has 4 heterocycles. The van der Waals surface area contributed by atoms with E-state index in [0.29, 0.717) is 5.82 Å². The zero-order chi connectivity index (χ0) is 35.9. The monoisotopic (exact) mass is 752 g/mol. The molecule has 4 aromatic carbocycles. The molecular formula is C42H40N8O2S2. The third-order valence-electron chi connectivity index (χ3n) is 7.88. The standard InChI is InChI=1S/C20H16N4O2S.C20H16N4S.2CH4/c1-27(25,26)20-21-13-12-19(22-20)24-18(16-10-6-3-7-11-16)14-17(23-24)15-8-4-2-5-9-15;1-25-20-21-13-12-19(22-20)24-18(16-10-6-3-7-11-16)14-17(23-24)15-8-4-2-5-9-15;;/h2-14H,1H3;2-14H,1H3;2*1H4. The molecule has 0 spiro atoms. The molecule has 0 aliphatic rings. The van der Waals surface area contributed by atoms with Crippen LogP contribution >= 0.6 is 11.8 Å². The molecule has 10 nitrogen and oxygen atoms in total. The fourth-order valence-electron chi connectivity index (χ4n) is 5.42. The van der Waals surface area contributed by atoms with Crippen LogP contribution in [0, 0.1) is 0 Å². The first kappa shape index (κ1) is 39.0. The lowest BCUT2D eigenvalue weighted by molar-refractivity contribution is 0.592. The second-order valence-electron chi connectivity index (χ2n) is 11.5. The molecule has 0 aliphatic heterocycles. The Morgan fingerprint density at radius 3 is 1.31 bits per heavy atom. The molecule has 54 heavy (non-hydrogen) atoms. The molecule has 12 heteroatoms. The van der Waals surface area contributed by atoms with Crippen LogP contribution in [0.15, 0.2) is 168 Å². The third-order valence-corrected chi connectivity index (χ3v) is 9.30. The van der Waals surface area contributed by atoms with E-state index in [0.717, 1.165) is 62.3 Å². The van der Waals surface area contributed by atoms with Gasteiger partial charge in [0.1, 0.15) is 0 Å². The van der Waals surface area contributed by atoms with Crippen LogP contribution in [-0.2, 0) is 9.84 Å². The summed E-state index contributed by atoms with van der Waals surface area (Å²) < 4.78 is 27.2. The Labute approximate surface area is 320 Å². The highest BCUT2D eigenvalue weighted by Crippen LogP contribution is 2.30. The normalized spacial score (nSPS) is 10.7. The maximum Gasteiger partial charge on any atom is 0.248 e. The van der Waals surface area contributed by atoms with Gasteiger partial charge in [0.15, 0.2) is 16.8 Å². The minimum Gasteiger partial charge on any atom is -0.231 e. The second-order valence-corrected chi connectivity index (χ2v) is 14.2. The van der Waals surface area contributed by atoms with Gasteiger partial charge in [0.05, 0.1) is 22.8 Å². The number of nitrogens with zero attached hydrogens (tertiary/aromatic N) is 8. The molecule has 0 radical (unpaired) electrons. The van der Waals surface area contributed by atoms with Crippen molar-refractivity contribution in [2.75, 3.05) is 12.5 Å². The number of thioether (sulfide) groups is 1. The summed E-state index contributed by atoms with van der Waals surface area (Å²) >= 11 is 1.52. The molecule has 0 fully saturated rings. The quantitative estimate of drug-likeness (QED) is 0.110. The van der Waals surface area contributed by atoms with Crippen molar-refractivity contribution in [1.29, 1.82) is 0 Å². The fraction of sp³-hybridized carbons (Fsp3) is 0.0952. The predicted molar refractivity (Wildman–Crippen MR) is 218 cm³/mol. The largest absolute Gasteiger partial charge is 0.248 e. The van der Waals surface area contributed by atoms with E-state index in [2.05, 4.69) is 55.4 Å². The Balaban J connectivity index is 0.000000201. The maximum absolute atomic E-state index is 11.8. The van der Waals surface area contributed by atoms with Gasteiger partial charge in [0.2, 0.25) is 15.0 Å². The van der Waals surface area contributed by atoms with Crippen LogP contribution in [0.5, 0.6) is 0 Å². The fourth-order valence-corrected chi connectivity index (χ4v) is 6.28. The Morgan fingerprint density at radius 1 is 0.519 bits per heavy atom. The number of hydrogen-bond acceptors (Lipinski definition) is 9. The van der Waals surface area contributed by atoms with Crippen molar-refractivity contribution < 1.29 is 8.42 Å². The van der Waals surface area contributed by atoms with Gasteiger partial charge >= 0.3 is 0 Å². The molecule has 0 saturated carbocycles. The molecule has 0 unspecified atom stereocenters. The van der Waals surface area contributed by atoms with Crippen molar-refractivity contribution in [2.24, 2.45) is 0 Å². The van der Waals surface area contributed by atoms with Crippen molar-refractivity contribution in [3.8, 4) is 56.7 Å². The number of rotatable bonds is 8. The lowest BCUT2D eigenvalue weighted by Gasteiger charge is -2.07. The summed E-state index contributed by atoms with van der Waals surface area (Å²) in [6, 6.07) is 47.6. The van der Waals surface area contributed by atoms with Crippen molar-refractivity contribution in [2.45, 2.75) is 25.2 Å². The van der Waals surface area contributed by atoms with E-state index in [1.807, 2.05) is 120 Å². The summed E-state index contributed by atoms with van der Waals surface area (Å²) in [6.45, 7) is 0. The Hall–Kier alpha value is -6.24. The van der Waals surface area contributed by atoms with E-state index in [-0.39, 0.29) is 20.0 Å². The third kappa shape index (κ3) is 8.85. The van der Waals surface area contributed by atoms with Gasteiger partial charge in [0.25, 0.3) is 0 Å². The molecule has 0 bridgehead atoms. The van der Waals surface area contributed by atoms with Crippen LogP contribution in [0.25, 0.3) is 56.7 Å². The molecular weight excluding hydrogens is 713 g/mol. The molecule has 0 aliphatic carbocycles. The van der Waals surface area contributed by atoms with Crippen LogP contribution in [-0.4, -0.2) is 60.4 Å². The van der Waals surface area contributed by atoms with E-state index in [1.54, 1.807) is 16.9 Å². The first-order valence-corrected chi connectivity index (χ1v) is 19.3. The van der Waals surface area contributed by atoms with E-state index < -0.39 is 9.84 Å². The van der Waals surface area contributed by atoms with Crippen LogP contribution < -0.4 is 0 Å². The van der Waals surface area contributed by atoms with Crippen LogP contribution in [0.4, 0.5) is 0 Å². The molecule has 8 rings (SSSR count). The van der Waals surface area contributed by atoms with Gasteiger partial charge in [0, 0.05) is 53.0 Å². The molecule has 272 valence electrons. The highest BCUT2D eigenvalue weighted by Gasteiger charge is 2.18. The van der Waals surface area contributed by atoms with Crippen molar-refractivity contribution in [3.05, 3.63) is 158 Å². The summed E-state index contributed by atoms with van der Waals surface area (Å²) in [4.78, 5) is 16.9. The van der Waals surface area contributed by atoms with Gasteiger partial charge < -0.3 is 0 Å². The molecule has 0 atom stereocenters. The maximum atomic E-state index is 11.8. The van der Waals surface area contributed by atoms with Gasteiger partial charge in [-0.2, -0.15) is 15.2 Å². The number of aromatic nitrogens is 8. The number of benzene rings is 4. The van der Waals surface area contributed by atoms with Gasteiger partial charge in [-0.05, 0) is 18.4 Å². The molecule has 0 amide bonds. The van der Waals surface area contributed by atoms with Gasteiger partial charge in [-0.15, -0.1) is 0 Å². The predicted octanol–water partition coefficient (Wildman–Crippen LogP) is 9.39. The van der Waals surface area contributed by atoms with Crippen molar-refractivity contribution in [1.82, 2.24) is 39.5 Å². The Bertz CT molecular complexity index is 2530. The van der Waals surface area contributed by atoms with Gasteiger partial charge in [-0.25, -0.2) is 32.7 Å². The van der Waals surface area contributed by atoms with E-state index >= 15 is 0 Å². The van der Waals surface area contributed by atoms with Crippen LogP contribution in [0.1, 0.15) is 14.9 Å². The topological polar surface area (TPSA) is 121 Å².